The maximum absolute atomic E-state index is 13.8. The van der Waals surface area contributed by atoms with Gasteiger partial charge in [-0.05, 0) is 66.3 Å². The Hall–Kier alpha value is -3.14. The molecule has 3 nitrogen and oxygen atoms in total. The Labute approximate surface area is 164 Å². The van der Waals surface area contributed by atoms with E-state index in [1.165, 1.54) is 17.7 Å². The maximum Gasteiger partial charge on any atom is 0.303 e. The molecule has 0 aromatic heterocycles. The summed E-state index contributed by atoms with van der Waals surface area (Å²) in [6.45, 7) is 2.29. The molecule has 3 rings (SSSR count). The Bertz CT molecular complexity index is 931. The Balaban J connectivity index is 1.68. The first-order valence-corrected chi connectivity index (χ1v) is 9.30. The molecule has 0 saturated carbocycles. The topological polar surface area (TPSA) is 46.5 Å². The summed E-state index contributed by atoms with van der Waals surface area (Å²) in [5, 5.41) is 8.70. The summed E-state index contributed by atoms with van der Waals surface area (Å²) in [4.78, 5) is 10.6. The van der Waals surface area contributed by atoms with Crippen LogP contribution in [0.25, 0.3) is 11.1 Å². The van der Waals surface area contributed by atoms with Gasteiger partial charge < -0.3 is 9.84 Å². The van der Waals surface area contributed by atoms with E-state index < -0.39 is 5.97 Å². The van der Waals surface area contributed by atoms with Crippen molar-refractivity contribution in [2.75, 3.05) is 0 Å². The lowest BCUT2D eigenvalue weighted by atomic mass is 9.99. The van der Waals surface area contributed by atoms with E-state index in [1.807, 2.05) is 55.5 Å². The van der Waals surface area contributed by atoms with Crippen molar-refractivity contribution in [1.29, 1.82) is 0 Å². The Kier molecular flexibility index (Phi) is 6.43. The highest BCUT2D eigenvalue weighted by Gasteiger charge is 2.08. The van der Waals surface area contributed by atoms with Gasteiger partial charge in [-0.25, -0.2) is 4.39 Å². The van der Waals surface area contributed by atoms with Gasteiger partial charge in [0.2, 0.25) is 0 Å². The van der Waals surface area contributed by atoms with Gasteiger partial charge in [-0.2, -0.15) is 0 Å². The van der Waals surface area contributed by atoms with Crippen LogP contribution in [-0.4, -0.2) is 11.1 Å². The molecule has 3 aromatic carbocycles. The number of hydrogen-bond acceptors (Lipinski definition) is 2. The van der Waals surface area contributed by atoms with Gasteiger partial charge in [0.25, 0.3) is 0 Å². The zero-order valence-electron chi connectivity index (χ0n) is 15.8. The molecule has 0 atom stereocenters. The summed E-state index contributed by atoms with van der Waals surface area (Å²) in [7, 11) is 0. The van der Waals surface area contributed by atoms with Crippen molar-refractivity contribution in [1.82, 2.24) is 0 Å². The van der Waals surface area contributed by atoms with E-state index in [0.717, 1.165) is 22.3 Å². The van der Waals surface area contributed by atoms with Crippen LogP contribution in [0, 0.1) is 12.7 Å². The zero-order chi connectivity index (χ0) is 19.9. The summed E-state index contributed by atoms with van der Waals surface area (Å²) < 4.78 is 19.7. The number of aryl methyl sites for hydroxylation is 2. The van der Waals surface area contributed by atoms with Crippen LogP contribution in [0.3, 0.4) is 0 Å². The minimum Gasteiger partial charge on any atom is -0.489 e. The molecule has 0 radical (unpaired) electrons. The fraction of sp³-hybridized carbons (Fsp3) is 0.208. The molecule has 0 bridgehead atoms. The molecule has 0 heterocycles. The molecule has 0 unspecified atom stereocenters. The van der Waals surface area contributed by atoms with Crippen LogP contribution in [0.5, 0.6) is 5.75 Å². The van der Waals surface area contributed by atoms with E-state index in [0.29, 0.717) is 18.6 Å². The van der Waals surface area contributed by atoms with E-state index in [4.69, 9.17) is 9.84 Å². The fourth-order valence-electron chi connectivity index (χ4n) is 3.05. The van der Waals surface area contributed by atoms with Crippen molar-refractivity contribution in [2.24, 2.45) is 0 Å². The van der Waals surface area contributed by atoms with Gasteiger partial charge >= 0.3 is 5.97 Å². The quantitative estimate of drug-likeness (QED) is 0.540. The Morgan fingerprint density at radius 1 is 1.00 bits per heavy atom. The summed E-state index contributed by atoms with van der Waals surface area (Å²) >= 11 is 0. The van der Waals surface area contributed by atoms with Gasteiger partial charge in [-0.15, -0.1) is 0 Å². The van der Waals surface area contributed by atoms with Crippen molar-refractivity contribution in [3.05, 3.63) is 89.2 Å². The minimum absolute atomic E-state index is 0.166. The van der Waals surface area contributed by atoms with Crippen molar-refractivity contribution >= 4 is 5.97 Å². The number of aliphatic carboxylic acids is 1. The molecule has 0 aliphatic carbocycles. The smallest absolute Gasteiger partial charge is 0.303 e. The molecule has 0 saturated heterocycles. The second kappa shape index (κ2) is 9.18. The fourth-order valence-corrected chi connectivity index (χ4v) is 3.05. The predicted molar refractivity (Wildman–Crippen MR) is 108 cm³/mol. The van der Waals surface area contributed by atoms with E-state index in [1.54, 1.807) is 6.07 Å². The molecule has 4 heteroatoms. The monoisotopic (exact) mass is 378 g/mol. The van der Waals surface area contributed by atoms with E-state index in [-0.39, 0.29) is 18.8 Å². The normalized spacial score (nSPS) is 10.6. The van der Waals surface area contributed by atoms with Crippen molar-refractivity contribution in [2.45, 2.75) is 32.8 Å². The molecular formula is C24H23FO3. The first-order chi connectivity index (χ1) is 13.5. The lowest BCUT2D eigenvalue weighted by molar-refractivity contribution is -0.137. The number of hydrogen-bond donors (Lipinski definition) is 1. The van der Waals surface area contributed by atoms with E-state index in [2.05, 4.69) is 0 Å². The average molecular weight is 378 g/mol. The number of rotatable bonds is 8. The number of halogens is 1. The van der Waals surface area contributed by atoms with Gasteiger partial charge in [0.05, 0.1) is 0 Å². The molecule has 0 spiro atoms. The number of carboxylic acids is 1. The molecule has 28 heavy (non-hydrogen) atoms. The van der Waals surface area contributed by atoms with E-state index >= 15 is 0 Å². The van der Waals surface area contributed by atoms with Gasteiger partial charge in [-0.1, -0.05) is 48.0 Å². The third kappa shape index (κ3) is 5.43. The molecule has 3 aromatic rings. The summed E-state index contributed by atoms with van der Waals surface area (Å²) in [6.07, 6.45) is 1.49. The lowest BCUT2D eigenvalue weighted by Gasteiger charge is -2.12. The molecule has 0 aliphatic heterocycles. The van der Waals surface area contributed by atoms with Crippen LogP contribution in [-0.2, 0) is 17.8 Å². The minimum atomic E-state index is -0.778. The van der Waals surface area contributed by atoms with Crippen molar-refractivity contribution in [3.63, 3.8) is 0 Å². The third-order valence-electron chi connectivity index (χ3n) is 4.60. The number of carboxylic acid groups (broad SMARTS) is 1. The molecule has 144 valence electrons. The van der Waals surface area contributed by atoms with Gasteiger partial charge in [0, 0.05) is 6.42 Å². The largest absolute Gasteiger partial charge is 0.489 e. The number of benzene rings is 3. The summed E-state index contributed by atoms with van der Waals surface area (Å²) in [5.41, 5.74) is 5.01. The van der Waals surface area contributed by atoms with Gasteiger partial charge in [-0.3, -0.25) is 4.79 Å². The number of carbonyl (C=O) groups is 1. The highest BCUT2D eigenvalue weighted by molar-refractivity contribution is 5.67. The third-order valence-corrected chi connectivity index (χ3v) is 4.60. The molecule has 0 aliphatic rings. The predicted octanol–water partition coefficient (Wildman–Crippen LogP) is 5.79. The van der Waals surface area contributed by atoms with Crippen LogP contribution < -0.4 is 4.74 Å². The van der Waals surface area contributed by atoms with Gasteiger partial charge in [0.15, 0.2) is 0 Å². The highest BCUT2D eigenvalue weighted by Crippen LogP contribution is 2.26. The van der Waals surface area contributed by atoms with Crippen LogP contribution in [0.15, 0.2) is 66.7 Å². The Morgan fingerprint density at radius 2 is 1.71 bits per heavy atom. The SMILES string of the molecule is Cc1ccc(-c2ccc(F)cc2COc2ccc(CCCC(=O)O)cc2)cc1. The van der Waals surface area contributed by atoms with Crippen molar-refractivity contribution in [3.8, 4) is 16.9 Å². The zero-order valence-corrected chi connectivity index (χ0v) is 15.8. The maximum atomic E-state index is 13.8. The highest BCUT2D eigenvalue weighted by atomic mass is 19.1. The second-order valence-corrected chi connectivity index (χ2v) is 6.85. The summed E-state index contributed by atoms with van der Waals surface area (Å²) in [5.74, 6) is -0.372. The standard InChI is InChI=1S/C24H23FO3/c1-17-5-9-19(10-6-17)23-14-11-21(25)15-20(23)16-28-22-12-7-18(8-13-22)3-2-4-24(26)27/h5-15H,2-4,16H2,1H3,(H,26,27). The van der Waals surface area contributed by atoms with Crippen molar-refractivity contribution < 1.29 is 19.0 Å². The van der Waals surface area contributed by atoms with Gasteiger partial charge in [0.1, 0.15) is 18.2 Å². The second-order valence-electron chi connectivity index (χ2n) is 6.85. The molecule has 1 N–H and O–H groups in total. The summed E-state index contributed by atoms with van der Waals surface area (Å²) in [6, 6.07) is 20.5. The van der Waals surface area contributed by atoms with Crippen LogP contribution in [0.2, 0.25) is 0 Å². The molecular weight excluding hydrogens is 355 g/mol. The number of ether oxygens (including phenoxy) is 1. The first kappa shape index (κ1) is 19.6. The van der Waals surface area contributed by atoms with Crippen LogP contribution in [0.1, 0.15) is 29.5 Å². The first-order valence-electron chi connectivity index (χ1n) is 9.30. The Morgan fingerprint density at radius 3 is 2.39 bits per heavy atom. The molecule has 0 amide bonds. The van der Waals surface area contributed by atoms with E-state index in [9.17, 15) is 9.18 Å². The van der Waals surface area contributed by atoms with Crippen LogP contribution in [0.4, 0.5) is 4.39 Å². The lowest BCUT2D eigenvalue weighted by Crippen LogP contribution is -1.99. The molecule has 0 fully saturated rings. The van der Waals surface area contributed by atoms with Crippen LogP contribution >= 0.6 is 0 Å². The average Bonchev–Trinajstić information content (AvgIpc) is 2.68.